The Hall–Kier alpha value is -1.31. The molecule has 2 heteroatoms. The molecular weight excluding hydrogens is 278 g/mol. The first-order valence-corrected chi connectivity index (χ1v) is 7.90. The SMILES string of the molecule is Cc1cc(C)cc(C(C)NC(C)Cc2ccc(Cl)cc2)c1. The van der Waals surface area contributed by atoms with E-state index in [1.807, 2.05) is 12.1 Å². The molecule has 2 rings (SSSR count). The van der Waals surface area contributed by atoms with Gasteiger partial charge in [0.15, 0.2) is 0 Å². The quantitative estimate of drug-likeness (QED) is 0.796. The smallest absolute Gasteiger partial charge is 0.0406 e. The average Bonchev–Trinajstić information content (AvgIpc) is 2.40. The van der Waals surface area contributed by atoms with Crippen LogP contribution in [0.5, 0.6) is 0 Å². The molecule has 2 aromatic carbocycles. The predicted octanol–water partition coefficient (Wildman–Crippen LogP) is 5.24. The number of aryl methyl sites for hydroxylation is 2. The van der Waals surface area contributed by atoms with Crippen LogP contribution in [0.4, 0.5) is 0 Å². The molecule has 2 atom stereocenters. The molecule has 0 fully saturated rings. The second-order valence-corrected chi connectivity index (χ2v) is 6.48. The zero-order valence-corrected chi connectivity index (χ0v) is 14.0. The highest BCUT2D eigenvalue weighted by atomic mass is 35.5. The summed E-state index contributed by atoms with van der Waals surface area (Å²) in [7, 11) is 0. The molecule has 2 unspecified atom stereocenters. The summed E-state index contributed by atoms with van der Waals surface area (Å²) < 4.78 is 0. The van der Waals surface area contributed by atoms with Gasteiger partial charge in [-0.15, -0.1) is 0 Å². The highest BCUT2D eigenvalue weighted by Crippen LogP contribution is 2.18. The normalized spacial score (nSPS) is 14.0. The second kappa shape index (κ2) is 7.11. The molecule has 0 aromatic heterocycles. The van der Waals surface area contributed by atoms with Crippen molar-refractivity contribution in [2.45, 2.75) is 46.2 Å². The van der Waals surface area contributed by atoms with Crippen LogP contribution in [0.25, 0.3) is 0 Å². The second-order valence-electron chi connectivity index (χ2n) is 6.04. The van der Waals surface area contributed by atoms with E-state index in [0.29, 0.717) is 12.1 Å². The topological polar surface area (TPSA) is 12.0 Å². The van der Waals surface area contributed by atoms with Gasteiger partial charge in [0.2, 0.25) is 0 Å². The Bertz CT molecular complexity index is 569. The van der Waals surface area contributed by atoms with Gasteiger partial charge >= 0.3 is 0 Å². The summed E-state index contributed by atoms with van der Waals surface area (Å²) in [4.78, 5) is 0. The number of halogens is 1. The van der Waals surface area contributed by atoms with Gasteiger partial charge in [0.05, 0.1) is 0 Å². The van der Waals surface area contributed by atoms with Crippen molar-refractivity contribution in [2.24, 2.45) is 0 Å². The molecule has 0 radical (unpaired) electrons. The predicted molar refractivity (Wildman–Crippen MR) is 92.1 cm³/mol. The van der Waals surface area contributed by atoms with Crippen LogP contribution in [0.3, 0.4) is 0 Å². The molecule has 0 aliphatic rings. The fraction of sp³-hybridized carbons (Fsp3) is 0.368. The third kappa shape index (κ3) is 4.87. The Balaban J connectivity index is 1.98. The fourth-order valence-corrected chi connectivity index (χ4v) is 2.94. The lowest BCUT2D eigenvalue weighted by atomic mass is 10.0. The fourth-order valence-electron chi connectivity index (χ4n) is 2.82. The Morgan fingerprint density at radius 1 is 0.952 bits per heavy atom. The molecule has 0 bridgehead atoms. The van der Waals surface area contributed by atoms with Crippen molar-refractivity contribution in [1.82, 2.24) is 5.32 Å². The Morgan fingerprint density at radius 3 is 2.10 bits per heavy atom. The third-order valence-corrected chi connectivity index (χ3v) is 3.99. The van der Waals surface area contributed by atoms with E-state index >= 15 is 0 Å². The van der Waals surface area contributed by atoms with Gasteiger partial charge in [0, 0.05) is 17.1 Å². The molecule has 2 aromatic rings. The first kappa shape index (κ1) is 16.1. The van der Waals surface area contributed by atoms with E-state index in [1.54, 1.807) is 0 Å². The molecule has 1 N–H and O–H groups in total. The van der Waals surface area contributed by atoms with Crippen molar-refractivity contribution in [1.29, 1.82) is 0 Å². The molecule has 0 heterocycles. The summed E-state index contributed by atoms with van der Waals surface area (Å²) in [6.45, 7) is 8.76. The van der Waals surface area contributed by atoms with Crippen molar-refractivity contribution >= 4 is 11.6 Å². The van der Waals surface area contributed by atoms with E-state index in [0.717, 1.165) is 11.4 Å². The van der Waals surface area contributed by atoms with E-state index in [1.165, 1.54) is 22.3 Å². The van der Waals surface area contributed by atoms with Gasteiger partial charge in [-0.2, -0.15) is 0 Å². The van der Waals surface area contributed by atoms with E-state index < -0.39 is 0 Å². The van der Waals surface area contributed by atoms with Crippen molar-refractivity contribution in [3.8, 4) is 0 Å². The average molecular weight is 302 g/mol. The first-order valence-electron chi connectivity index (χ1n) is 7.52. The van der Waals surface area contributed by atoms with Crippen LogP contribution in [0, 0.1) is 13.8 Å². The van der Waals surface area contributed by atoms with Crippen LogP contribution in [-0.2, 0) is 6.42 Å². The summed E-state index contributed by atoms with van der Waals surface area (Å²) in [5.74, 6) is 0. The lowest BCUT2D eigenvalue weighted by molar-refractivity contribution is 0.477. The van der Waals surface area contributed by atoms with E-state index in [-0.39, 0.29) is 0 Å². The summed E-state index contributed by atoms with van der Waals surface area (Å²) in [5, 5.41) is 4.48. The van der Waals surface area contributed by atoms with Gasteiger partial charge in [-0.1, -0.05) is 53.1 Å². The molecule has 112 valence electrons. The third-order valence-electron chi connectivity index (χ3n) is 3.73. The standard InChI is InChI=1S/C19H24ClN/c1-13-9-14(2)11-18(10-13)16(4)21-15(3)12-17-5-7-19(20)8-6-17/h5-11,15-16,21H,12H2,1-4H3. The number of hydrogen-bond donors (Lipinski definition) is 1. The number of rotatable bonds is 5. The van der Waals surface area contributed by atoms with Crippen molar-refractivity contribution in [2.75, 3.05) is 0 Å². The number of hydrogen-bond acceptors (Lipinski definition) is 1. The maximum Gasteiger partial charge on any atom is 0.0406 e. The minimum absolute atomic E-state index is 0.353. The van der Waals surface area contributed by atoms with Gasteiger partial charge in [-0.05, 0) is 57.4 Å². The highest BCUT2D eigenvalue weighted by molar-refractivity contribution is 6.30. The van der Waals surface area contributed by atoms with Crippen molar-refractivity contribution < 1.29 is 0 Å². The van der Waals surface area contributed by atoms with Gasteiger partial charge in [0.25, 0.3) is 0 Å². The van der Waals surface area contributed by atoms with Crippen LogP contribution >= 0.6 is 11.6 Å². The molecular formula is C19H24ClN. The Kier molecular flexibility index (Phi) is 5.44. The summed E-state index contributed by atoms with van der Waals surface area (Å²) in [6, 6.07) is 15.6. The van der Waals surface area contributed by atoms with Crippen LogP contribution in [0.2, 0.25) is 5.02 Å². The maximum absolute atomic E-state index is 5.93. The lowest BCUT2D eigenvalue weighted by Crippen LogP contribution is -2.30. The summed E-state index contributed by atoms with van der Waals surface area (Å²) in [5.41, 5.74) is 5.32. The molecule has 0 saturated carbocycles. The van der Waals surface area contributed by atoms with Crippen molar-refractivity contribution in [3.63, 3.8) is 0 Å². The lowest BCUT2D eigenvalue weighted by Gasteiger charge is -2.21. The minimum Gasteiger partial charge on any atom is -0.307 e. The molecule has 0 aliphatic heterocycles. The summed E-state index contributed by atoms with van der Waals surface area (Å²) in [6.07, 6.45) is 1.01. The molecule has 1 nitrogen and oxygen atoms in total. The van der Waals surface area contributed by atoms with Crippen LogP contribution in [0.1, 0.15) is 42.1 Å². The van der Waals surface area contributed by atoms with E-state index in [9.17, 15) is 0 Å². The van der Waals surface area contributed by atoms with Crippen LogP contribution in [-0.4, -0.2) is 6.04 Å². The Labute approximate surface area is 133 Å². The van der Waals surface area contributed by atoms with Crippen LogP contribution < -0.4 is 5.32 Å². The minimum atomic E-state index is 0.353. The molecule has 0 spiro atoms. The van der Waals surface area contributed by atoms with Gasteiger partial charge in [0.1, 0.15) is 0 Å². The van der Waals surface area contributed by atoms with E-state index in [2.05, 4.69) is 63.3 Å². The summed E-state index contributed by atoms with van der Waals surface area (Å²) >= 11 is 5.93. The zero-order valence-electron chi connectivity index (χ0n) is 13.3. The maximum atomic E-state index is 5.93. The van der Waals surface area contributed by atoms with Crippen molar-refractivity contribution in [3.05, 3.63) is 69.7 Å². The van der Waals surface area contributed by atoms with Gasteiger partial charge < -0.3 is 5.32 Å². The van der Waals surface area contributed by atoms with E-state index in [4.69, 9.17) is 11.6 Å². The Morgan fingerprint density at radius 2 is 1.52 bits per heavy atom. The largest absolute Gasteiger partial charge is 0.307 e. The molecule has 0 amide bonds. The van der Waals surface area contributed by atoms with Gasteiger partial charge in [-0.3, -0.25) is 0 Å². The first-order chi connectivity index (χ1) is 9.94. The molecule has 0 aliphatic carbocycles. The van der Waals surface area contributed by atoms with Crippen LogP contribution in [0.15, 0.2) is 42.5 Å². The molecule has 21 heavy (non-hydrogen) atoms. The monoisotopic (exact) mass is 301 g/mol. The molecule has 0 saturated heterocycles. The zero-order chi connectivity index (χ0) is 15.4. The van der Waals surface area contributed by atoms with Gasteiger partial charge in [-0.25, -0.2) is 0 Å². The highest BCUT2D eigenvalue weighted by Gasteiger charge is 2.11. The number of nitrogens with one attached hydrogen (secondary N) is 1. The number of benzene rings is 2.